The second-order valence-corrected chi connectivity index (χ2v) is 4.70. The van der Waals surface area contributed by atoms with Gasteiger partial charge >= 0.3 is 5.97 Å². The number of esters is 1. The van der Waals surface area contributed by atoms with Crippen molar-refractivity contribution in [2.45, 2.75) is 32.2 Å². The van der Waals surface area contributed by atoms with Gasteiger partial charge in [0.25, 0.3) is 0 Å². The predicted octanol–water partition coefficient (Wildman–Crippen LogP) is 0.869. The lowest BCUT2D eigenvalue weighted by Gasteiger charge is -2.28. The van der Waals surface area contributed by atoms with Crippen molar-refractivity contribution >= 4 is 5.97 Å². The average molecular weight is 228 g/mol. The highest BCUT2D eigenvalue weighted by Crippen LogP contribution is 2.13. The summed E-state index contributed by atoms with van der Waals surface area (Å²) in [7, 11) is 3.56. The Morgan fingerprint density at radius 2 is 2.25 bits per heavy atom. The minimum Gasteiger partial charge on any atom is -0.469 e. The van der Waals surface area contributed by atoms with Crippen LogP contribution in [0.5, 0.6) is 0 Å². The van der Waals surface area contributed by atoms with Crippen LogP contribution in [0.1, 0.15) is 26.2 Å². The fourth-order valence-electron chi connectivity index (χ4n) is 2.30. The number of nitrogens with one attached hydrogen (secondary N) is 1. The molecule has 94 valence electrons. The molecule has 0 spiro atoms. The Morgan fingerprint density at radius 3 is 2.94 bits per heavy atom. The first-order valence-electron chi connectivity index (χ1n) is 6.14. The molecule has 1 aliphatic rings. The van der Waals surface area contributed by atoms with Crippen LogP contribution < -0.4 is 5.32 Å². The zero-order chi connectivity index (χ0) is 12.0. The molecule has 0 aromatic rings. The molecule has 2 atom stereocenters. The Labute approximate surface area is 98.3 Å². The lowest BCUT2D eigenvalue weighted by Crippen LogP contribution is -2.37. The van der Waals surface area contributed by atoms with Crippen LogP contribution in [0.25, 0.3) is 0 Å². The van der Waals surface area contributed by atoms with Crippen molar-refractivity contribution in [1.82, 2.24) is 10.2 Å². The highest BCUT2D eigenvalue weighted by atomic mass is 16.5. The third kappa shape index (κ3) is 4.10. The molecule has 0 aromatic heterocycles. The van der Waals surface area contributed by atoms with E-state index in [0.717, 1.165) is 19.6 Å². The minimum atomic E-state index is -0.112. The van der Waals surface area contributed by atoms with Crippen molar-refractivity contribution in [3.05, 3.63) is 0 Å². The molecule has 0 aromatic carbocycles. The number of ether oxygens (including phenoxy) is 1. The lowest BCUT2D eigenvalue weighted by molar-refractivity contribution is -0.145. The van der Waals surface area contributed by atoms with Crippen LogP contribution in [-0.4, -0.2) is 50.7 Å². The molecule has 0 radical (unpaired) electrons. The zero-order valence-corrected chi connectivity index (χ0v) is 10.7. The Balaban J connectivity index is 2.37. The van der Waals surface area contributed by atoms with Gasteiger partial charge in [0.15, 0.2) is 0 Å². The standard InChI is InChI=1S/C12H24N2O2/c1-10(12(15)16-3)9-14(2)11-5-4-7-13-8-6-11/h10-11,13H,4-9H2,1-3H3. The van der Waals surface area contributed by atoms with Gasteiger partial charge in [0.2, 0.25) is 0 Å². The van der Waals surface area contributed by atoms with E-state index in [1.165, 1.54) is 26.4 Å². The van der Waals surface area contributed by atoms with Gasteiger partial charge in [-0.15, -0.1) is 0 Å². The Bertz CT molecular complexity index is 213. The Hall–Kier alpha value is -0.610. The van der Waals surface area contributed by atoms with Gasteiger partial charge in [-0.05, 0) is 39.4 Å². The number of methoxy groups -OCH3 is 1. The largest absolute Gasteiger partial charge is 0.469 e. The molecule has 0 bridgehead atoms. The quantitative estimate of drug-likeness (QED) is 0.725. The summed E-state index contributed by atoms with van der Waals surface area (Å²) in [6.45, 7) is 4.92. The number of nitrogens with zero attached hydrogens (tertiary/aromatic N) is 1. The molecule has 1 heterocycles. The van der Waals surface area contributed by atoms with Crippen LogP contribution >= 0.6 is 0 Å². The number of hydrogen-bond acceptors (Lipinski definition) is 4. The van der Waals surface area contributed by atoms with Crippen molar-refractivity contribution in [1.29, 1.82) is 0 Å². The molecule has 1 N–H and O–H groups in total. The topological polar surface area (TPSA) is 41.6 Å². The van der Waals surface area contributed by atoms with Gasteiger partial charge in [-0.2, -0.15) is 0 Å². The lowest BCUT2D eigenvalue weighted by atomic mass is 10.1. The second-order valence-electron chi connectivity index (χ2n) is 4.70. The third-order valence-corrected chi connectivity index (χ3v) is 3.33. The van der Waals surface area contributed by atoms with Crippen molar-refractivity contribution in [2.24, 2.45) is 5.92 Å². The van der Waals surface area contributed by atoms with Crippen LogP contribution in [-0.2, 0) is 9.53 Å². The molecule has 1 aliphatic heterocycles. The van der Waals surface area contributed by atoms with E-state index in [2.05, 4.69) is 17.3 Å². The SMILES string of the molecule is COC(=O)C(C)CN(C)C1CCCNCC1. The molecule has 0 amide bonds. The first-order chi connectivity index (χ1) is 7.65. The van der Waals surface area contributed by atoms with Crippen molar-refractivity contribution in [2.75, 3.05) is 33.8 Å². The van der Waals surface area contributed by atoms with E-state index in [0.29, 0.717) is 6.04 Å². The maximum absolute atomic E-state index is 11.3. The fraction of sp³-hybridized carbons (Fsp3) is 0.917. The van der Waals surface area contributed by atoms with Crippen molar-refractivity contribution < 1.29 is 9.53 Å². The smallest absolute Gasteiger partial charge is 0.309 e. The Kier molecular flexibility index (Phi) is 5.77. The van der Waals surface area contributed by atoms with E-state index >= 15 is 0 Å². The predicted molar refractivity (Wildman–Crippen MR) is 64.3 cm³/mol. The molecule has 4 heteroatoms. The molecular weight excluding hydrogens is 204 g/mol. The average Bonchev–Trinajstić information content (AvgIpc) is 2.56. The summed E-state index contributed by atoms with van der Waals surface area (Å²) < 4.78 is 4.75. The van der Waals surface area contributed by atoms with Gasteiger partial charge in [-0.25, -0.2) is 0 Å². The van der Waals surface area contributed by atoms with Crippen LogP contribution in [0.2, 0.25) is 0 Å². The second kappa shape index (κ2) is 6.86. The van der Waals surface area contributed by atoms with Crippen LogP contribution in [0, 0.1) is 5.92 Å². The highest BCUT2D eigenvalue weighted by Gasteiger charge is 2.21. The number of hydrogen-bond donors (Lipinski definition) is 1. The normalized spacial score (nSPS) is 23.9. The van der Waals surface area contributed by atoms with Crippen LogP contribution in [0.15, 0.2) is 0 Å². The summed E-state index contributed by atoms with van der Waals surface area (Å²) in [5.41, 5.74) is 0. The van der Waals surface area contributed by atoms with Gasteiger partial charge in [-0.1, -0.05) is 6.92 Å². The van der Waals surface area contributed by atoms with Gasteiger partial charge in [0.05, 0.1) is 13.0 Å². The van der Waals surface area contributed by atoms with E-state index in [1.54, 1.807) is 0 Å². The molecule has 1 rings (SSSR count). The summed E-state index contributed by atoms with van der Waals surface area (Å²) >= 11 is 0. The summed E-state index contributed by atoms with van der Waals surface area (Å²) in [6, 6.07) is 0.599. The third-order valence-electron chi connectivity index (χ3n) is 3.33. The van der Waals surface area contributed by atoms with E-state index in [4.69, 9.17) is 4.74 Å². The minimum absolute atomic E-state index is 0.0359. The van der Waals surface area contributed by atoms with E-state index in [-0.39, 0.29) is 11.9 Å². The molecule has 16 heavy (non-hydrogen) atoms. The molecule has 4 nitrogen and oxygen atoms in total. The number of carbonyl (C=O) groups excluding carboxylic acids is 1. The van der Waals surface area contributed by atoms with E-state index in [1.807, 2.05) is 6.92 Å². The molecule has 0 aliphatic carbocycles. The number of rotatable bonds is 4. The first kappa shape index (κ1) is 13.5. The Morgan fingerprint density at radius 1 is 1.50 bits per heavy atom. The van der Waals surface area contributed by atoms with Crippen molar-refractivity contribution in [3.63, 3.8) is 0 Å². The molecule has 0 saturated carbocycles. The first-order valence-corrected chi connectivity index (χ1v) is 6.14. The van der Waals surface area contributed by atoms with Gasteiger partial charge in [0, 0.05) is 12.6 Å². The van der Waals surface area contributed by atoms with Crippen molar-refractivity contribution in [3.8, 4) is 0 Å². The number of carbonyl (C=O) groups is 1. The summed E-state index contributed by atoms with van der Waals surface area (Å²) in [5.74, 6) is -0.148. The monoisotopic (exact) mass is 228 g/mol. The summed E-state index contributed by atoms with van der Waals surface area (Å²) in [5, 5.41) is 3.40. The van der Waals surface area contributed by atoms with Crippen LogP contribution in [0.3, 0.4) is 0 Å². The van der Waals surface area contributed by atoms with Gasteiger partial charge in [-0.3, -0.25) is 4.79 Å². The maximum Gasteiger partial charge on any atom is 0.309 e. The zero-order valence-electron chi connectivity index (χ0n) is 10.7. The summed E-state index contributed by atoms with van der Waals surface area (Å²) in [6.07, 6.45) is 3.61. The van der Waals surface area contributed by atoms with Gasteiger partial charge in [0.1, 0.15) is 0 Å². The maximum atomic E-state index is 11.3. The van der Waals surface area contributed by atoms with E-state index in [9.17, 15) is 4.79 Å². The summed E-state index contributed by atoms with van der Waals surface area (Å²) in [4.78, 5) is 13.6. The molecule has 2 unspecified atom stereocenters. The van der Waals surface area contributed by atoms with Crippen LogP contribution in [0.4, 0.5) is 0 Å². The molecular formula is C12H24N2O2. The molecule has 1 saturated heterocycles. The highest BCUT2D eigenvalue weighted by molar-refractivity contribution is 5.72. The fourth-order valence-corrected chi connectivity index (χ4v) is 2.30. The van der Waals surface area contributed by atoms with Gasteiger partial charge < -0.3 is 15.0 Å². The molecule has 1 fully saturated rings. The van der Waals surface area contributed by atoms with E-state index < -0.39 is 0 Å².